The number of hydrogen-bond acceptors (Lipinski definition) is 9. The van der Waals surface area contributed by atoms with E-state index in [2.05, 4.69) is 20.3 Å². The molecule has 6 N–H and O–H groups in total. The number of benzene rings is 4. The van der Waals surface area contributed by atoms with Gasteiger partial charge in [-0.05, 0) is 61.4 Å². The van der Waals surface area contributed by atoms with Crippen molar-refractivity contribution in [2.45, 2.75) is 20.8 Å². The molecule has 0 unspecified atom stereocenters. The Kier molecular flexibility index (Phi) is 7.99. The van der Waals surface area contributed by atoms with Crippen molar-refractivity contribution in [3.8, 4) is 23.1 Å². The molecule has 240 valence electrons. The number of para-hydroxylation sites is 2. The molecule has 2 aliphatic heterocycles. The number of anilines is 1. The standard InChI is InChI=1S/C17H12N2O3.C10H9NO2.C9H7NO3/c1-8-6-10-12(7-13(8)20)19-17(22)14(10)15-16(21)9-4-2-3-5-11(9)18-15;1-7(12)13-10-6-11-9-5-3-2-4-8(9)10;1-4-2-5-6(3-7(4)11)10-9(13)8(5)12/h2-7,19-20,22H,1H3;2-6,11H,1H3;2-3,11H,1H3,(H,10,12,13). The van der Waals surface area contributed by atoms with Crippen LogP contribution in [0.1, 0.15) is 44.3 Å². The highest BCUT2D eigenvalue weighted by Crippen LogP contribution is 2.37. The van der Waals surface area contributed by atoms with Crippen LogP contribution in [0.25, 0.3) is 21.8 Å². The molecule has 0 bridgehead atoms. The molecule has 6 aromatic rings. The van der Waals surface area contributed by atoms with Crippen LogP contribution < -0.4 is 10.1 Å². The minimum absolute atomic E-state index is 0.0775. The molecule has 0 spiro atoms. The van der Waals surface area contributed by atoms with Crippen LogP contribution in [-0.4, -0.2) is 54.4 Å². The number of aromatic hydroxyl groups is 3. The van der Waals surface area contributed by atoms with Crippen LogP contribution in [0.3, 0.4) is 0 Å². The van der Waals surface area contributed by atoms with E-state index < -0.39 is 11.7 Å². The quantitative estimate of drug-likeness (QED) is 0.0956. The van der Waals surface area contributed by atoms with E-state index >= 15 is 0 Å². The summed E-state index contributed by atoms with van der Waals surface area (Å²) in [7, 11) is 0. The van der Waals surface area contributed by atoms with E-state index in [0.717, 1.165) is 10.9 Å². The molecule has 0 fully saturated rings. The van der Waals surface area contributed by atoms with Crippen LogP contribution in [-0.2, 0) is 9.59 Å². The lowest BCUT2D eigenvalue weighted by atomic mass is 10.0. The summed E-state index contributed by atoms with van der Waals surface area (Å²) in [4.78, 5) is 55.5. The third-order valence-electron chi connectivity index (χ3n) is 7.77. The number of amides is 1. The molecule has 1 amide bonds. The maximum atomic E-state index is 12.5. The first-order chi connectivity index (χ1) is 22.9. The van der Waals surface area contributed by atoms with Gasteiger partial charge in [0.05, 0.1) is 28.0 Å². The zero-order valence-electron chi connectivity index (χ0n) is 25.8. The van der Waals surface area contributed by atoms with Gasteiger partial charge >= 0.3 is 5.97 Å². The molecule has 12 heteroatoms. The minimum Gasteiger partial charge on any atom is -0.508 e. The second kappa shape index (κ2) is 12.2. The fourth-order valence-corrected chi connectivity index (χ4v) is 5.37. The molecular weight excluding hydrogens is 616 g/mol. The maximum absolute atomic E-state index is 12.5. The SMILES string of the molecule is CC(=O)Oc1c[nH]c2ccccc12.Cc1cc2c(C3=Nc4ccccc4C3=O)c(O)[nH]c2cc1O.Cc1cc2c(cc1O)NC(=O)C2=O. The predicted molar refractivity (Wildman–Crippen MR) is 179 cm³/mol. The van der Waals surface area contributed by atoms with Crippen molar-refractivity contribution in [1.82, 2.24) is 9.97 Å². The number of aliphatic imine (C=N–C) groups is 1. The van der Waals surface area contributed by atoms with E-state index in [1.165, 1.54) is 25.1 Å². The van der Waals surface area contributed by atoms with Gasteiger partial charge in [0.25, 0.3) is 11.7 Å². The molecule has 4 aromatic carbocycles. The average molecular weight is 645 g/mol. The number of nitrogens with zero attached hydrogens (tertiary/aromatic N) is 1. The molecular formula is C36H28N4O8. The summed E-state index contributed by atoms with van der Waals surface area (Å²) in [6, 6.07) is 20.9. The zero-order valence-corrected chi connectivity index (χ0v) is 25.8. The number of ketones is 2. The van der Waals surface area contributed by atoms with E-state index in [1.54, 1.807) is 44.3 Å². The second-order valence-corrected chi connectivity index (χ2v) is 11.1. The highest BCUT2D eigenvalue weighted by atomic mass is 16.5. The number of phenols is 2. The Morgan fingerprint density at radius 2 is 1.46 bits per heavy atom. The number of rotatable bonds is 2. The van der Waals surface area contributed by atoms with Gasteiger partial charge in [0.1, 0.15) is 17.2 Å². The number of carbonyl (C=O) groups is 4. The number of hydrogen-bond donors (Lipinski definition) is 6. The normalized spacial score (nSPS) is 12.8. The average Bonchev–Trinajstić information content (AvgIpc) is 3.77. The first kappa shape index (κ1) is 31.3. The lowest BCUT2D eigenvalue weighted by Gasteiger charge is -2.01. The maximum Gasteiger partial charge on any atom is 0.308 e. The third-order valence-corrected chi connectivity index (χ3v) is 7.77. The molecule has 0 radical (unpaired) electrons. The summed E-state index contributed by atoms with van der Waals surface area (Å²) >= 11 is 0. The van der Waals surface area contributed by atoms with Crippen molar-refractivity contribution in [3.05, 3.63) is 107 Å². The lowest BCUT2D eigenvalue weighted by Crippen LogP contribution is -2.12. The smallest absolute Gasteiger partial charge is 0.308 e. The summed E-state index contributed by atoms with van der Waals surface area (Å²) in [5.74, 6) is -1.03. The van der Waals surface area contributed by atoms with Gasteiger partial charge in [-0.2, -0.15) is 0 Å². The Bertz CT molecular complexity index is 2350. The number of carbonyl (C=O) groups excluding carboxylic acids is 4. The number of phenolic OH excluding ortho intramolecular Hbond substituents is 2. The summed E-state index contributed by atoms with van der Waals surface area (Å²) in [6.45, 7) is 4.82. The van der Waals surface area contributed by atoms with Crippen LogP contribution >= 0.6 is 0 Å². The molecule has 2 aromatic heterocycles. The fourth-order valence-electron chi connectivity index (χ4n) is 5.37. The van der Waals surface area contributed by atoms with Crippen LogP contribution in [0.2, 0.25) is 0 Å². The van der Waals surface area contributed by atoms with Crippen molar-refractivity contribution >= 4 is 62.3 Å². The Labute approximate surface area is 272 Å². The number of aromatic nitrogens is 2. The zero-order chi connectivity index (χ0) is 34.3. The van der Waals surface area contributed by atoms with Crippen molar-refractivity contribution in [2.24, 2.45) is 4.99 Å². The van der Waals surface area contributed by atoms with Crippen molar-refractivity contribution in [3.63, 3.8) is 0 Å². The highest BCUT2D eigenvalue weighted by Gasteiger charge is 2.30. The molecule has 2 aliphatic rings. The summed E-state index contributed by atoms with van der Waals surface area (Å²) < 4.78 is 5.00. The van der Waals surface area contributed by atoms with Crippen LogP contribution in [0, 0.1) is 13.8 Å². The fraction of sp³-hybridized carbons (Fsp3) is 0.0833. The summed E-state index contributed by atoms with van der Waals surface area (Å²) in [6.07, 6.45) is 1.69. The van der Waals surface area contributed by atoms with Gasteiger partial charge in [-0.3, -0.25) is 19.2 Å². The van der Waals surface area contributed by atoms with Gasteiger partial charge in [0, 0.05) is 47.1 Å². The molecule has 0 saturated carbocycles. The van der Waals surface area contributed by atoms with Gasteiger partial charge in [0.2, 0.25) is 5.78 Å². The largest absolute Gasteiger partial charge is 0.508 e. The van der Waals surface area contributed by atoms with Gasteiger partial charge in [0.15, 0.2) is 11.6 Å². The molecule has 0 atom stereocenters. The number of fused-ring (bicyclic) bond motifs is 4. The van der Waals surface area contributed by atoms with Gasteiger partial charge < -0.3 is 35.3 Å². The molecule has 8 rings (SSSR count). The first-order valence-electron chi connectivity index (χ1n) is 14.6. The Morgan fingerprint density at radius 1 is 0.771 bits per heavy atom. The van der Waals surface area contributed by atoms with Crippen LogP contribution in [0.5, 0.6) is 23.1 Å². The van der Waals surface area contributed by atoms with Crippen molar-refractivity contribution < 1.29 is 39.2 Å². The molecule has 0 aliphatic carbocycles. The molecule has 4 heterocycles. The van der Waals surface area contributed by atoms with Crippen molar-refractivity contribution in [2.75, 3.05) is 5.32 Å². The van der Waals surface area contributed by atoms with E-state index in [9.17, 15) is 34.5 Å². The number of Topliss-reactive ketones (excluding diaryl/α,β-unsaturated/α-hetero) is 2. The van der Waals surface area contributed by atoms with Crippen molar-refractivity contribution in [1.29, 1.82) is 0 Å². The van der Waals surface area contributed by atoms with E-state index in [0.29, 0.717) is 55.8 Å². The van der Waals surface area contributed by atoms with Crippen LogP contribution in [0.15, 0.2) is 84.0 Å². The van der Waals surface area contributed by atoms with E-state index in [4.69, 9.17) is 4.74 Å². The number of ether oxygens (including phenoxy) is 1. The predicted octanol–water partition coefficient (Wildman–Crippen LogP) is 6.13. The second-order valence-electron chi connectivity index (χ2n) is 11.1. The Morgan fingerprint density at radius 3 is 2.21 bits per heavy atom. The summed E-state index contributed by atoms with van der Waals surface area (Å²) in [5, 5.41) is 33.2. The topological polar surface area (TPSA) is 194 Å². The van der Waals surface area contributed by atoms with E-state index in [-0.39, 0.29) is 34.8 Å². The third kappa shape index (κ3) is 5.73. The molecule has 48 heavy (non-hydrogen) atoms. The highest BCUT2D eigenvalue weighted by molar-refractivity contribution is 6.56. The van der Waals surface area contributed by atoms with Crippen LogP contribution in [0.4, 0.5) is 11.4 Å². The Hall–Kier alpha value is -6.69. The number of esters is 1. The van der Waals surface area contributed by atoms with Gasteiger partial charge in [-0.1, -0.05) is 24.3 Å². The minimum atomic E-state index is -0.639. The lowest BCUT2D eigenvalue weighted by molar-refractivity contribution is -0.131. The number of aryl methyl sites for hydroxylation is 2. The first-order valence-corrected chi connectivity index (χ1v) is 14.6. The van der Waals surface area contributed by atoms with E-state index in [1.807, 2.05) is 30.3 Å². The van der Waals surface area contributed by atoms with Gasteiger partial charge in [-0.25, -0.2) is 4.99 Å². The van der Waals surface area contributed by atoms with Gasteiger partial charge in [-0.15, -0.1) is 0 Å². The number of nitrogens with one attached hydrogen (secondary N) is 3. The number of H-pyrrole nitrogens is 2. The number of aromatic amines is 2. The monoisotopic (exact) mass is 644 g/mol. The molecule has 12 nitrogen and oxygen atoms in total. The Balaban J connectivity index is 0.000000133. The molecule has 0 saturated heterocycles. The summed E-state index contributed by atoms with van der Waals surface area (Å²) in [5.41, 5.74) is 5.22.